The number of nitrogens with one attached hydrogen (secondary N) is 1. The topological polar surface area (TPSA) is 121 Å². The van der Waals surface area contributed by atoms with Gasteiger partial charge in [-0.2, -0.15) is 0 Å². The summed E-state index contributed by atoms with van der Waals surface area (Å²) >= 11 is 0. The summed E-state index contributed by atoms with van der Waals surface area (Å²) in [4.78, 5) is 49.9. The maximum Gasteiger partial charge on any atom is 0.330 e. The molecule has 1 fully saturated rings. The van der Waals surface area contributed by atoms with Crippen LogP contribution in [0.5, 0.6) is 0 Å². The van der Waals surface area contributed by atoms with Crippen LogP contribution in [0.2, 0.25) is 0 Å². The number of aromatic nitrogens is 4. The molecule has 0 spiro atoms. The molecule has 1 aliphatic rings. The summed E-state index contributed by atoms with van der Waals surface area (Å²) < 4.78 is 1.07. The van der Waals surface area contributed by atoms with Gasteiger partial charge in [0.15, 0.2) is 11.2 Å². The van der Waals surface area contributed by atoms with Gasteiger partial charge in [0, 0.05) is 13.1 Å². The van der Waals surface area contributed by atoms with Crippen LogP contribution in [0, 0.1) is 13.8 Å². The normalized spacial score (nSPS) is 17.6. The molecule has 0 radical (unpaired) electrons. The lowest BCUT2D eigenvalue weighted by molar-refractivity contribution is -0.142. The first-order valence-corrected chi connectivity index (χ1v) is 9.24. The molecular formula is C19H21N5O4. The molecule has 28 heavy (non-hydrogen) atoms. The van der Waals surface area contributed by atoms with Crippen LogP contribution in [0.1, 0.15) is 24.0 Å². The molecule has 9 heteroatoms. The monoisotopic (exact) mass is 383 g/mol. The molecule has 2 aromatic heterocycles. The summed E-state index contributed by atoms with van der Waals surface area (Å²) in [5, 5.41) is 9.28. The number of carboxylic acid groups (broad SMARTS) is 1. The van der Waals surface area contributed by atoms with Gasteiger partial charge >= 0.3 is 11.7 Å². The molecule has 0 amide bonds. The molecule has 2 N–H and O–H groups in total. The summed E-state index contributed by atoms with van der Waals surface area (Å²) in [6, 6.07) is 3.18. The van der Waals surface area contributed by atoms with Gasteiger partial charge in [-0.25, -0.2) is 14.8 Å². The van der Waals surface area contributed by atoms with Crippen LogP contribution in [0.3, 0.4) is 0 Å². The number of rotatable bonds is 4. The minimum atomic E-state index is -0.875. The fourth-order valence-electron chi connectivity index (χ4n) is 3.74. The lowest BCUT2D eigenvalue weighted by Gasteiger charge is -2.20. The molecule has 3 heterocycles. The van der Waals surface area contributed by atoms with Crippen molar-refractivity contribution in [2.75, 3.05) is 13.1 Å². The quantitative estimate of drug-likeness (QED) is 0.639. The van der Waals surface area contributed by atoms with E-state index in [1.54, 1.807) is 4.90 Å². The van der Waals surface area contributed by atoms with Gasteiger partial charge in [-0.05, 0) is 56.5 Å². The number of benzene rings is 1. The molecule has 1 aliphatic heterocycles. The molecule has 3 aromatic rings. The van der Waals surface area contributed by atoms with Crippen molar-refractivity contribution in [2.45, 2.75) is 39.3 Å². The highest BCUT2D eigenvalue weighted by molar-refractivity contribution is 5.84. The zero-order valence-corrected chi connectivity index (χ0v) is 15.7. The maximum absolute atomic E-state index is 12.9. The second-order valence-corrected chi connectivity index (χ2v) is 7.27. The average molecular weight is 383 g/mol. The van der Waals surface area contributed by atoms with E-state index in [1.807, 2.05) is 26.0 Å². The SMILES string of the molecule is Cc1cc2nc3[nH]c(=O)n(CCN4CCC[C@@H]4C(=O)O)c(=O)c3nc2cc1C. The number of fused-ring (bicyclic) bond motifs is 2. The van der Waals surface area contributed by atoms with Crippen LogP contribution >= 0.6 is 0 Å². The number of aryl methyl sites for hydroxylation is 2. The third-order valence-corrected chi connectivity index (χ3v) is 5.46. The molecule has 1 atom stereocenters. The summed E-state index contributed by atoms with van der Waals surface area (Å²) in [5.41, 5.74) is 2.48. The van der Waals surface area contributed by atoms with E-state index in [1.165, 1.54) is 0 Å². The van der Waals surface area contributed by atoms with E-state index in [-0.39, 0.29) is 17.7 Å². The van der Waals surface area contributed by atoms with E-state index < -0.39 is 23.3 Å². The van der Waals surface area contributed by atoms with E-state index >= 15 is 0 Å². The second-order valence-electron chi connectivity index (χ2n) is 7.27. The Balaban J connectivity index is 1.74. The standard InChI is InChI=1S/C19H21N5O4/c1-10-8-12-13(9-11(10)2)21-16-15(20-12)17(25)24(19(28)22-16)7-6-23-5-3-4-14(23)18(26)27/h8-9,14H,3-7H2,1-2H3,(H,26,27)(H,21,22,28)/t14-/m1/s1. The molecule has 1 aromatic carbocycles. The largest absolute Gasteiger partial charge is 0.480 e. The van der Waals surface area contributed by atoms with Crippen LogP contribution in [0.4, 0.5) is 0 Å². The first-order chi connectivity index (χ1) is 13.3. The Kier molecular flexibility index (Phi) is 4.46. The first-order valence-electron chi connectivity index (χ1n) is 9.24. The van der Waals surface area contributed by atoms with Crippen molar-refractivity contribution < 1.29 is 9.90 Å². The highest BCUT2D eigenvalue weighted by Crippen LogP contribution is 2.18. The Bertz CT molecular complexity index is 1210. The van der Waals surface area contributed by atoms with Gasteiger partial charge in [0.25, 0.3) is 5.56 Å². The van der Waals surface area contributed by atoms with Crippen molar-refractivity contribution in [3.8, 4) is 0 Å². The number of aromatic amines is 1. The van der Waals surface area contributed by atoms with Crippen molar-refractivity contribution in [1.29, 1.82) is 0 Å². The van der Waals surface area contributed by atoms with Gasteiger partial charge in [-0.1, -0.05) is 0 Å². The van der Waals surface area contributed by atoms with Crippen molar-refractivity contribution in [3.63, 3.8) is 0 Å². The van der Waals surface area contributed by atoms with E-state index in [0.717, 1.165) is 22.1 Å². The molecule has 0 saturated carbocycles. The predicted octanol–water partition coefficient (Wildman–Crippen LogP) is 0.799. The van der Waals surface area contributed by atoms with Gasteiger partial charge in [-0.3, -0.25) is 24.0 Å². The highest BCUT2D eigenvalue weighted by atomic mass is 16.4. The van der Waals surface area contributed by atoms with Gasteiger partial charge in [0.05, 0.1) is 11.0 Å². The Hall–Kier alpha value is -3.07. The predicted molar refractivity (Wildman–Crippen MR) is 104 cm³/mol. The molecule has 4 rings (SSSR count). The average Bonchev–Trinajstić information content (AvgIpc) is 3.10. The lowest BCUT2D eigenvalue weighted by Crippen LogP contribution is -2.42. The molecule has 0 aliphatic carbocycles. The highest BCUT2D eigenvalue weighted by Gasteiger charge is 2.30. The molecule has 9 nitrogen and oxygen atoms in total. The van der Waals surface area contributed by atoms with Crippen LogP contribution in [-0.4, -0.2) is 54.6 Å². The number of H-pyrrole nitrogens is 1. The number of hydrogen-bond donors (Lipinski definition) is 2. The van der Waals surface area contributed by atoms with Crippen LogP contribution in [0.15, 0.2) is 21.7 Å². The Morgan fingerprint density at radius 2 is 1.86 bits per heavy atom. The van der Waals surface area contributed by atoms with E-state index in [4.69, 9.17) is 0 Å². The van der Waals surface area contributed by atoms with Crippen LogP contribution < -0.4 is 11.2 Å². The number of nitrogens with zero attached hydrogens (tertiary/aromatic N) is 4. The first kappa shape index (κ1) is 18.3. The molecular weight excluding hydrogens is 362 g/mol. The number of carbonyl (C=O) groups is 1. The number of carboxylic acids is 1. The molecule has 0 bridgehead atoms. The number of aliphatic carboxylic acids is 1. The third-order valence-electron chi connectivity index (χ3n) is 5.46. The molecule has 1 saturated heterocycles. The van der Waals surface area contributed by atoms with Gasteiger partial charge in [0.1, 0.15) is 6.04 Å². The fraction of sp³-hybridized carbons (Fsp3) is 0.421. The Labute approximate surface area is 159 Å². The van der Waals surface area contributed by atoms with E-state index in [9.17, 15) is 19.5 Å². The fourth-order valence-corrected chi connectivity index (χ4v) is 3.74. The third kappa shape index (κ3) is 3.07. The zero-order valence-electron chi connectivity index (χ0n) is 15.7. The van der Waals surface area contributed by atoms with Crippen molar-refractivity contribution >= 4 is 28.2 Å². The van der Waals surface area contributed by atoms with Crippen LogP contribution in [0.25, 0.3) is 22.2 Å². The number of likely N-dealkylation sites (tertiary alicyclic amines) is 1. The summed E-state index contributed by atoms with van der Waals surface area (Å²) in [6.45, 7) is 4.97. The van der Waals surface area contributed by atoms with Gasteiger partial charge in [-0.15, -0.1) is 0 Å². The Morgan fingerprint density at radius 3 is 2.54 bits per heavy atom. The summed E-state index contributed by atoms with van der Waals surface area (Å²) in [6.07, 6.45) is 1.37. The van der Waals surface area contributed by atoms with Gasteiger partial charge < -0.3 is 5.11 Å². The van der Waals surface area contributed by atoms with Crippen LogP contribution in [-0.2, 0) is 11.3 Å². The lowest BCUT2D eigenvalue weighted by atomic mass is 10.1. The van der Waals surface area contributed by atoms with E-state index in [0.29, 0.717) is 30.5 Å². The van der Waals surface area contributed by atoms with Gasteiger partial charge in [0.2, 0.25) is 0 Å². The van der Waals surface area contributed by atoms with Crippen molar-refractivity contribution in [1.82, 2.24) is 24.4 Å². The minimum absolute atomic E-state index is 0.0977. The van der Waals surface area contributed by atoms with E-state index in [2.05, 4.69) is 15.0 Å². The summed E-state index contributed by atoms with van der Waals surface area (Å²) in [7, 11) is 0. The summed E-state index contributed by atoms with van der Waals surface area (Å²) in [5.74, 6) is -0.875. The van der Waals surface area contributed by atoms with Crippen molar-refractivity contribution in [2.24, 2.45) is 0 Å². The number of hydrogen-bond acceptors (Lipinski definition) is 6. The molecule has 0 unspecified atom stereocenters. The second kappa shape index (κ2) is 6.83. The maximum atomic E-state index is 12.9. The minimum Gasteiger partial charge on any atom is -0.480 e. The molecule has 146 valence electrons. The Morgan fingerprint density at radius 1 is 1.18 bits per heavy atom. The zero-order chi connectivity index (χ0) is 20.0. The smallest absolute Gasteiger partial charge is 0.330 e. The van der Waals surface area contributed by atoms with Crippen molar-refractivity contribution in [3.05, 3.63) is 44.1 Å².